The summed E-state index contributed by atoms with van der Waals surface area (Å²) in [6, 6.07) is 0.275. The summed E-state index contributed by atoms with van der Waals surface area (Å²) in [7, 11) is 1.88. The van der Waals surface area contributed by atoms with Crippen LogP contribution in [0, 0.1) is 0 Å². The third-order valence-corrected chi connectivity index (χ3v) is 4.49. The molecule has 1 amide bonds. The molecular formula is C12H23ClN2O. The van der Waals surface area contributed by atoms with Gasteiger partial charge in [-0.2, -0.15) is 0 Å². The number of halogens is 1. The van der Waals surface area contributed by atoms with Crippen LogP contribution in [0.5, 0.6) is 0 Å². The van der Waals surface area contributed by atoms with Crippen molar-refractivity contribution < 1.29 is 4.79 Å². The lowest BCUT2D eigenvalue weighted by atomic mass is 9.79. The third-order valence-electron chi connectivity index (χ3n) is 3.58. The Labute approximate surface area is 104 Å². The number of nitrogens with zero attached hydrogens (tertiary/aromatic N) is 2. The van der Waals surface area contributed by atoms with Crippen LogP contribution in [0.25, 0.3) is 0 Å². The first-order valence-electron chi connectivity index (χ1n) is 5.77. The van der Waals surface area contributed by atoms with E-state index >= 15 is 0 Å². The van der Waals surface area contributed by atoms with Crippen molar-refractivity contribution in [2.75, 3.05) is 7.05 Å². The first-order valence-corrected chi connectivity index (χ1v) is 6.11. The second kappa shape index (κ2) is 4.19. The van der Waals surface area contributed by atoms with Crippen LogP contribution in [0.15, 0.2) is 0 Å². The van der Waals surface area contributed by atoms with Gasteiger partial charge in [-0.25, -0.2) is 4.42 Å². The summed E-state index contributed by atoms with van der Waals surface area (Å²) in [5, 5.41) is 0. The van der Waals surface area contributed by atoms with Crippen LogP contribution in [0.2, 0.25) is 0 Å². The monoisotopic (exact) mass is 246 g/mol. The van der Waals surface area contributed by atoms with Gasteiger partial charge in [0.25, 0.3) is 0 Å². The van der Waals surface area contributed by atoms with E-state index in [0.29, 0.717) is 0 Å². The molecule has 0 unspecified atom stereocenters. The van der Waals surface area contributed by atoms with E-state index in [-0.39, 0.29) is 23.0 Å². The number of carbonyl (C=O) groups excluding carboxylic acids is 1. The van der Waals surface area contributed by atoms with Crippen molar-refractivity contribution in [3.63, 3.8) is 0 Å². The maximum atomic E-state index is 11.4. The Morgan fingerprint density at radius 3 is 1.94 bits per heavy atom. The van der Waals surface area contributed by atoms with Crippen LogP contribution in [0.4, 0.5) is 0 Å². The van der Waals surface area contributed by atoms with Crippen molar-refractivity contribution in [3.8, 4) is 0 Å². The molecule has 1 heterocycles. The summed E-state index contributed by atoms with van der Waals surface area (Å²) in [4.78, 5) is 13.3. The Morgan fingerprint density at radius 2 is 1.62 bits per heavy atom. The van der Waals surface area contributed by atoms with E-state index in [0.717, 1.165) is 12.8 Å². The molecule has 94 valence electrons. The molecule has 0 radical (unpaired) electrons. The van der Waals surface area contributed by atoms with Crippen LogP contribution in [0.3, 0.4) is 0 Å². The number of amides is 1. The molecule has 3 nitrogen and oxygen atoms in total. The molecule has 1 fully saturated rings. The van der Waals surface area contributed by atoms with Crippen molar-refractivity contribution in [2.45, 2.75) is 64.6 Å². The van der Waals surface area contributed by atoms with Crippen molar-refractivity contribution in [2.24, 2.45) is 0 Å². The van der Waals surface area contributed by atoms with Crippen molar-refractivity contribution in [3.05, 3.63) is 0 Å². The first kappa shape index (κ1) is 13.8. The maximum absolute atomic E-state index is 11.4. The summed E-state index contributed by atoms with van der Waals surface area (Å²) in [6.45, 7) is 10.1. The molecule has 0 bridgehead atoms. The third kappa shape index (κ3) is 2.51. The quantitative estimate of drug-likeness (QED) is 0.664. The molecule has 1 rings (SSSR count). The largest absolute Gasteiger partial charge is 0.343 e. The molecule has 0 aromatic carbocycles. The number of piperidine rings is 1. The molecule has 16 heavy (non-hydrogen) atoms. The summed E-state index contributed by atoms with van der Waals surface area (Å²) in [5.74, 6) is 0.125. The molecule has 1 aliphatic heterocycles. The van der Waals surface area contributed by atoms with Crippen LogP contribution in [0.1, 0.15) is 47.5 Å². The Morgan fingerprint density at radius 1 is 1.25 bits per heavy atom. The van der Waals surface area contributed by atoms with E-state index in [1.165, 1.54) is 0 Å². The zero-order chi connectivity index (χ0) is 12.7. The van der Waals surface area contributed by atoms with E-state index in [4.69, 9.17) is 11.8 Å². The Hall–Kier alpha value is -0.280. The molecule has 0 atom stereocenters. The van der Waals surface area contributed by atoms with E-state index < -0.39 is 0 Å². The first-order chi connectivity index (χ1) is 7.08. The Bertz CT molecular complexity index is 271. The van der Waals surface area contributed by atoms with E-state index in [1.54, 1.807) is 6.92 Å². The van der Waals surface area contributed by atoms with Gasteiger partial charge in [-0.05, 0) is 52.3 Å². The fourth-order valence-corrected chi connectivity index (χ4v) is 2.87. The van der Waals surface area contributed by atoms with Crippen molar-refractivity contribution >= 4 is 17.7 Å². The van der Waals surface area contributed by atoms with E-state index in [9.17, 15) is 4.79 Å². The molecule has 0 spiro atoms. The molecule has 4 heteroatoms. The average Bonchev–Trinajstić information content (AvgIpc) is 2.11. The highest BCUT2D eigenvalue weighted by Crippen LogP contribution is 2.41. The Balaban J connectivity index is 2.91. The summed E-state index contributed by atoms with van der Waals surface area (Å²) < 4.78 is 1.91. The lowest BCUT2D eigenvalue weighted by molar-refractivity contribution is -0.132. The highest BCUT2D eigenvalue weighted by atomic mass is 35.5. The molecule has 0 aromatic heterocycles. The van der Waals surface area contributed by atoms with Crippen LogP contribution in [-0.4, -0.2) is 39.4 Å². The van der Waals surface area contributed by atoms with E-state index in [1.807, 2.05) is 16.4 Å². The molecule has 0 saturated carbocycles. The molecule has 0 aromatic rings. The summed E-state index contributed by atoms with van der Waals surface area (Å²) >= 11 is 6.38. The van der Waals surface area contributed by atoms with Gasteiger partial charge in [0.2, 0.25) is 5.91 Å². The minimum Gasteiger partial charge on any atom is -0.343 e. The second-order valence-electron chi connectivity index (χ2n) is 6.10. The molecule has 1 saturated heterocycles. The summed E-state index contributed by atoms with van der Waals surface area (Å²) in [6.07, 6.45) is 1.83. The smallest absolute Gasteiger partial charge is 0.219 e. The van der Waals surface area contributed by atoms with E-state index in [2.05, 4.69) is 27.7 Å². The standard InChI is InChI=1S/C12H23ClN2O/c1-9(16)14(6)10-7-11(2,3)15(13)12(4,5)8-10/h10H,7-8H2,1-6H3. The van der Waals surface area contributed by atoms with Gasteiger partial charge in [-0.15, -0.1) is 0 Å². The van der Waals surface area contributed by atoms with Gasteiger partial charge >= 0.3 is 0 Å². The minimum absolute atomic E-state index is 0.0856. The SMILES string of the molecule is CC(=O)N(C)C1CC(C)(C)N(Cl)C(C)(C)C1. The van der Waals surface area contributed by atoms with Gasteiger partial charge in [-0.3, -0.25) is 4.79 Å². The Kier molecular flexibility index (Phi) is 3.61. The highest BCUT2D eigenvalue weighted by molar-refractivity contribution is 6.14. The van der Waals surface area contributed by atoms with Gasteiger partial charge in [-0.1, -0.05) is 0 Å². The predicted octanol–water partition coefficient (Wildman–Crippen LogP) is 2.64. The van der Waals surface area contributed by atoms with Crippen LogP contribution >= 0.6 is 11.8 Å². The lowest BCUT2D eigenvalue weighted by Crippen LogP contribution is -2.60. The van der Waals surface area contributed by atoms with Gasteiger partial charge < -0.3 is 4.90 Å². The van der Waals surface area contributed by atoms with Gasteiger partial charge in [0, 0.05) is 31.1 Å². The molecule has 0 N–H and O–H groups in total. The fraction of sp³-hybridized carbons (Fsp3) is 0.917. The fourth-order valence-electron chi connectivity index (χ4n) is 2.74. The van der Waals surface area contributed by atoms with Crippen molar-refractivity contribution in [1.82, 2.24) is 9.32 Å². The van der Waals surface area contributed by atoms with Gasteiger partial charge in [0.05, 0.1) is 0 Å². The second-order valence-corrected chi connectivity index (χ2v) is 6.44. The van der Waals surface area contributed by atoms with Crippen LogP contribution < -0.4 is 0 Å². The lowest BCUT2D eigenvalue weighted by Gasteiger charge is -2.53. The normalized spacial score (nSPS) is 25.4. The predicted molar refractivity (Wildman–Crippen MR) is 67.3 cm³/mol. The zero-order valence-electron chi connectivity index (χ0n) is 11.2. The summed E-state index contributed by atoms with van der Waals surface area (Å²) in [5.41, 5.74) is -0.171. The number of rotatable bonds is 1. The maximum Gasteiger partial charge on any atom is 0.219 e. The molecule has 1 aliphatic rings. The number of hydrogen-bond donors (Lipinski definition) is 0. The number of carbonyl (C=O) groups is 1. The molecule has 0 aliphatic carbocycles. The highest BCUT2D eigenvalue weighted by Gasteiger charge is 2.46. The van der Waals surface area contributed by atoms with Gasteiger partial charge in [0.1, 0.15) is 0 Å². The number of hydrogen-bond acceptors (Lipinski definition) is 2. The average molecular weight is 247 g/mol. The van der Waals surface area contributed by atoms with Gasteiger partial charge in [0.15, 0.2) is 0 Å². The van der Waals surface area contributed by atoms with Crippen molar-refractivity contribution in [1.29, 1.82) is 0 Å². The zero-order valence-corrected chi connectivity index (χ0v) is 11.9. The minimum atomic E-state index is -0.0856. The van der Waals surface area contributed by atoms with Crippen LogP contribution in [-0.2, 0) is 4.79 Å². The topological polar surface area (TPSA) is 23.6 Å². The molecular weight excluding hydrogens is 224 g/mol.